The molecule has 0 aromatic carbocycles. The number of hydrogen-bond acceptors (Lipinski definition) is 2. The Balaban J connectivity index is 2.27. The summed E-state index contributed by atoms with van der Waals surface area (Å²) in [5, 5.41) is 0.469. The monoisotopic (exact) mass is 217 g/mol. The van der Waals surface area contributed by atoms with Crippen molar-refractivity contribution in [3.05, 3.63) is 0 Å². The summed E-state index contributed by atoms with van der Waals surface area (Å²) in [7, 11) is -0.618. The Morgan fingerprint density at radius 1 is 1.29 bits per heavy atom. The van der Waals surface area contributed by atoms with Crippen molar-refractivity contribution in [3.8, 4) is 0 Å². The van der Waals surface area contributed by atoms with E-state index in [2.05, 4.69) is 0 Å². The summed E-state index contributed by atoms with van der Waals surface area (Å²) >= 11 is 0. The molecule has 1 saturated carbocycles. The Labute approximate surface area is 90.1 Å². The van der Waals surface area contributed by atoms with Gasteiger partial charge in [-0.2, -0.15) is 0 Å². The zero-order chi connectivity index (χ0) is 10.4. The first-order valence-corrected chi connectivity index (χ1v) is 7.21. The Morgan fingerprint density at radius 2 is 1.86 bits per heavy atom. The molecule has 0 spiro atoms. The summed E-state index contributed by atoms with van der Waals surface area (Å²) in [4.78, 5) is 0. The second-order valence-electron chi connectivity index (χ2n) is 4.46. The van der Waals surface area contributed by atoms with Crippen molar-refractivity contribution < 1.29 is 4.21 Å². The predicted molar refractivity (Wildman–Crippen MR) is 62.8 cm³/mol. The zero-order valence-electron chi connectivity index (χ0n) is 9.21. The van der Waals surface area contributed by atoms with E-state index in [4.69, 9.17) is 5.73 Å². The van der Waals surface area contributed by atoms with Crippen molar-refractivity contribution in [2.24, 2.45) is 5.73 Å². The van der Waals surface area contributed by atoms with E-state index in [0.717, 1.165) is 12.2 Å². The molecule has 2 unspecified atom stereocenters. The van der Waals surface area contributed by atoms with Crippen LogP contribution in [0.15, 0.2) is 0 Å². The van der Waals surface area contributed by atoms with Gasteiger partial charge in [0.05, 0.1) is 0 Å². The highest BCUT2D eigenvalue weighted by Crippen LogP contribution is 2.21. The van der Waals surface area contributed by atoms with Gasteiger partial charge in [-0.05, 0) is 26.2 Å². The minimum Gasteiger partial charge on any atom is -0.328 e. The molecule has 1 aliphatic rings. The van der Waals surface area contributed by atoms with Crippen molar-refractivity contribution in [3.63, 3.8) is 0 Å². The maximum absolute atomic E-state index is 11.9. The van der Waals surface area contributed by atoms with Crippen LogP contribution in [0.5, 0.6) is 0 Å². The molecular formula is C11H23NOS. The third kappa shape index (κ3) is 4.56. The van der Waals surface area contributed by atoms with Crippen molar-refractivity contribution in [1.29, 1.82) is 0 Å². The summed E-state index contributed by atoms with van der Waals surface area (Å²) in [6.45, 7) is 1.99. The molecule has 0 aliphatic heterocycles. The van der Waals surface area contributed by atoms with E-state index in [-0.39, 0.29) is 6.04 Å². The summed E-state index contributed by atoms with van der Waals surface area (Å²) in [6.07, 6.45) is 8.46. The topological polar surface area (TPSA) is 43.1 Å². The van der Waals surface area contributed by atoms with Crippen LogP contribution in [0.2, 0.25) is 0 Å². The van der Waals surface area contributed by atoms with Gasteiger partial charge in [0.25, 0.3) is 0 Å². The first-order valence-electron chi connectivity index (χ1n) is 5.83. The molecule has 0 amide bonds. The van der Waals surface area contributed by atoms with Crippen LogP contribution in [-0.4, -0.2) is 21.3 Å². The molecule has 0 heterocycles. The van der Waals surface area contributed by atoms with Gasteiger partial charge in [0, 0.05) is 27.8 Å². The molecule has 0 bridgehead atoms. The lowest BCUT2D eigenvalue weighted by molar-refractivity contribution is 0.632. The highest BCUT2D eigenvalue weighted by molar-refractivity contribution is 7.85. The fourth-order valence-corrected chi connectivity index (χ4v) is 3.77. The standard InChI is InChI=1S/C11H23NOS/c1-10(12)8-9-14(13)11-6-4-2-3-5-7-11/h10-11H,2-9,12H2,1H3. The maximum atomic E-state index is 11.9. The molecule has 2 N–H and O–H groups in total. The van der Waals surface area contributed by atoms with Crippen LogP contribution >= 0.6 is 0 Å². The first-order chi connectivity index (χ1) is 6.70. The molecule has 0 aromatic heterocycles. The maximum Gasteiger partial charge on any atom is 0.0348 e. The Morgan fingerprint density at radius 3 is 2.36 bits per heavy atom. The molecule has 2 nitrogen and oxygen atoms in total. The van der Waals surface area contributed by atoms with Crippen molar-refractivity contribution >= 4 is 10.8 Å². The third-order valence-electron chi connectivity index (χ3n) is 2.95. The zero-order valence-corrected chi connectivity index (χ0v) is 10.0. The van der Waals surface area contributed by atoms with Crippen LogP contribution in [0, 0.1) is 0 Å². The van der Waals surface area contributed by atoms with Crippen LogP contribution in [0.3, 0.4) is 0 Å². The molecule has 0 radical (unpaired) electrons. The molecule has 1 fully saturated rings. The summed E-state index contributed by atoms with van der Waals surface area (Å²) in [5.74, 6) is 0.808. The van der Waals surface area contributed by atoms with E-state index >= 15 is 0 Å². The smallest absolute Gasteiger partial charge is 0.0348 e. The van der Waals surface area contributed by atoms with Crippen LogP contribution in [-0.2, 0) is 10.8 Å². The average Bonchev–Trinajstić information content (AvgIpc) is 2.42. The van der Waals surface area contributed by atoms with Gasteiger partial charge in [-0.1, -0.05) is 25.7 Å². The Bertz CT molecular complexity index is 174. The van der Waals surface area contributed by atoms with Crippen LogP contribution in [0.4, 0.5) is 0 Å². The number of nitrogens with two attached hydrogens (primary N) is 1. The number of hydrogen-bond donors (Lipinski definition) is 1. The van der Waals surface area contributed by atoms with Gasteiger partial charge in [-0.25, -0.2) is 0 Å². The van der Waals surface area contributed by atoms with E-state index < -0.39 is 10.8 Å². The first kappa shape index (κ1) is 12.2. The predicted octanol–water partition coefficient (Wildman–Crippen LogP) is 2.20. The molecule has 0 saturated heterocycles. The lowest BCUT2D eigenvalue weighted by atomic mass is 10.2. The van der Waals surface area contributed by atoms with Gasteiger partial charge >= 0.3 is 0 Å². The van der Waals surface area contributed by atoms with Crippen molar-refractivity contribution in [2.75, 3.05) is 5.75 Å². The van der Waals surface area contributed by atoms with E-state index in [9.17, 15) is 4.21 Å². The SMILES string of the molecule is CC(N)CCS(=O)C1CCCCCC1. The molecule has 2 atom stereocenters. The Kier molecular flexibility index (Phi) is 5.71. The van der Waals surface area contributed by atoms with E-state index in [0.29, 0.717) is 5.25 Å². The third-order valence-corrected chi connectivity index (χ3v) is 4.80. The van der Waals surface area contributed by atoms with E-state index in [1.54, 1.807) is 0 Å². The largest absolute Gasteiger partial charge is 0.328 e. The van der Waals surface area contributed by atoms with Gasteiger partial charge < -0.3 is 5.73 Å². The quantitative estimate of drug-likeness (QED) is 0.734. The number of rotatable bonds is 4. The van der Waals surface area contributed by atoms with E-state index in [1.807, 2.05) is 6.92 Å². The van der Waals surface area contributed by atoms with Gasteiger partial charge in [0.1, 0.15) is 0 Å². The Hall–Kier alpha value is 0.110. The fraction of sp³-hybridized carbons (Fsp3) is 1.00. The average molecular weight is 217 g/mol. The molecule has 1 rings (SSSR count). The fourth-order valence-electron chi connectivity index (χ4n) is 1.97. The van der Waals surface area contributed by atoms with E-state index in [1.165, 1.54) is 38.5 Å². The minimum atomic E-state index is -0.618. The summed E-state index contributed by atoms with van der Waals surface area (Å²) in [5.41, 5.74) is 5.67. The normalized spacial score (nSPS) is 24.1. The molecule has 0 aromatic rings. The lowest BCUT2D eigenvalue weighted by Gasteiger charge is -2.14. The highest BCUT2D eigenvalue weighted by Gasteiger charge is 2.18. The van der Waals surface area contributed by atoms with Gasteiger partial charge in [-0.3, -0.25) is 4.21 Å². The highest BCUT2D eigenvalue weighted by atomic mass is 32.2. The minimum absolute atomic E-state index is 0.199. The summed E-state index contributed by atoms with van der Waals surface area (Å²) in [6, 6.07) is 0.199. The molecular weight excluding hydrogens is 194 g/mol. The van der Waals surface area contributed by atoms with Crippen LogP contribution < -0.4 is 5.73 Å². The van der Waals surface area contributed by atoms with Crippen LogP contribution in [0.1, 0.15) is 51.9 Å². The summed E-state index contributed by atoms with van der Waals surface area (Å²) < 4.78 is 11.9. The molecule has 14 heavy (non-hydrogen) atoms. The second kappa shape index (κ2) is 6.57. The lowest BCUT2D eigenvalue weighted by Crippen LogP contribution is -2.22. The molecule has 1 aliphatic carbocycles. The molecule has 3 heteroatoms. The molecule has 84 valence electrons. The van der Waals surface area contributed by atoms with Gasteiger partial charge in [0.2, 0.25) is 0 Å². The van der Waals surface area contributed by atoms with Gasteiger partial charge in [0.15, 0.2) is 0 Å². The second-order valence-corrected chi connectivity index (χ2v) is 6.30. The van der Waals surface area contributed by atoms with Crippen molar-refractivity contribution in [1.82, 2.24) is 0 Å². The van der Waals surface area contributed by atoms with Crippen molar-refractivity contribution in [2.45, 2.75) is 63.2 Å². The van der Waals surface area contributed by atoms with Crippen LogP contribution in [0.25, 0.3) is 0 Å². The van der Waals surface area contributed by atoms with Gasteiger partial charge in [-0.15, -0.1) is 0 Å².